The van der Waals surface area contributed by atoms with Gasteiger partial charge in [-0.1, -0.05) is 24.3 Å². The number of benzene rings is 1. The molecule has 1 N–H and O–H groups in total. The van der Waals surface area contributed by atoms with Gasteiger partial charge in [0.15, 0.2) is 17.2 Å². The molecule has 0 radical (unpaired) electrons. The summed E-state index contributed by atoms with van der Waals surface area (Å²) in [7, 11) is 1.54. The van der Waals surface area contributed by atoms with E-state index in [-0.39, 0.29) is 23.2 Å². The number of fused-ring (bicyclic) bond motifs is 2. The third kappa shape index (κ3) is 3.61. The molecule has 4 rings (SSSR count). The van der Waals surface area contributed by atoms with Crippen LogP contribution in [0.5, 0.6) is 0 Å². The molecule has 4 aromatic rings. The molecule has 9 heteroatoms. The first-order chi connectivity index (χ1) is 14.1. The van der Waals surface area contributed by atoms with Crippen molar-refractivity contribution in [3.63, 3.8) is 0 Å². The smallest absolute Gasteiger partial charge is 0.274 e. The Morgan fingerprint density at radius 2 is 1.90 bits per heavy atom. The third-order valence-electron chi connectivity index (χ3n) is 4.74. The molecule has 1 aromatic carbocycles. The Bertz CT molecular complexity index is 1250. The number of amides is 1. The van der Waals surface area contributed by atoms with E-state index in [0.29, 0.717) is 23.0 Å². The molecule has 0 aliphatic heterocycles. The van der Waals surface area contributed by atoms with Gasteiger partial charge in [-0.25, -0.2) is 4.68 Å². The topological polar surface area (TPSA) is 94.2 Å². The normalized spacial score (nSPS) is 12.3. The summed E-state index contributed by atoms with van der Waals surface area (Å²) in [5.74, 6) is 1.15. The Kier molecular flexibility index (Phi) is 5.30. The van der Waals surface area contributed by atoms with Crippen LogP contribution in [0.1, 0.15) is 28.8 Å². The molecule has 0 fully saturated rings. The van der Waals surface area contributed by atoms with E-state index in [2.05, 4.69) is 20.6 Å². The summed E-state index contributed by atoms with van der Waals surface area (Å²) in [5.41, 5.74) is 0.696. The summed E-state index contributed by atoms with van der Waals surface area (Å²) in [6.45, 7) is 0. The fourth-order valence-electron chi connectivity index (χ4n) is 3.29. The molecule has 8 nitrogen and oxygen atoms in total. The van der Waals surface area contributed by atoms with Crippen molar-refractivity contribution < 1.29 is 4.79 Å². The Labute approximate surface area is 170 Å². The quantitative estimate of drug-likeness (QED) is 0.526. The van der Waals surface area contributed by atoms with Gasteiger partial charge >= 0.3 is 0 Å². The molecule has 0 spiro atoms. The number of aryl methyl sites for hydroxylation is 1. The van der Waals surface area contributed by atoms with Gasteiger partial charge in [0.1, 0.15) is 0 Å². The van der Waals surface area contributed by atoms with Crippen molar-refractivity contribution in [2.75, 3.05) is 12.0 Å². The van der Waals surface area contributed by atoms with E-state index in [9.17, 15) is 9.59 Å². The maximum Gasteiger partial charge on any atom is 0.274 e. The summed E-state index contributed by atoms with van der Waals surface area (Å²) in [5, 5.41) is 16.8. The molecule has 0 aliphatic rings. The van der Waals surface area contributed by atoms with Crippen LogP contribution in [-0.4, -0.2) is 42.3 Å². The highest BCUT2D eigenvalue weighted by Gasteiger charge is 2.23. The molecular weight excluding hydrogens is 388 g/mol. The number of hydrogen-bond acceptors (Lipinski definition) is 6. The predicted octanol–water partition coefficient (Wildman–Crippen LogP) is 2.20. The number of carbonyl (C=O) groups is 1. The van der Waals surface area contributed by atoms with Crippen molar-refractivity contribution in [3.05, 3.63) is 70.5 Å². The standard InChI is InChI=1S/C20H20N6O2S/c1-25-20(28)14-8-4-3-7-13(14)17(24-25)19(27)21-15(10-12-29-2)18-23-22-16-9-5-6-11-26(16)18/h3-9,11,15H,10,12H2,1-2H3,(H,21,27)/t15-/m1/s1. The molecular formula is C20H20N6O2S. The van der Waals surface area contributed by atoms with E-state index in [1.807, 2.05) is 35.1 Å². The maximum atomic E-state index is 13.2. The molecule has 3 heterocycles. The number of nitrogens with one attached hydrogen (secondary N) is 1. The number of nitrogens with zero attached hydrogens (tertiary/aromatic N) is 5. The first kappa shape index (κ1) is 19.1. The molecule has 1 atom stereocenters. The van der Waals surface area contributed by atoms with Gasteiger partial charge in [-0.3, -0.25) is 14.0 Å². The second kappa shape index (κ2) is 8.04. The van der Waals surface area contributed by atoms with Gasteiger partial charge in [0.2, 0.25) is 0 Å². The zero-order valence-electron chi connectivity index (χ0n) is 16.1. The van der Waals surface area contributed by atoms with Crippen molar-refractivity contribution in [1.29, 1.82) is 0 Å². The van der Waals surface area contributed by atoms with Crippen molar-refractivity contribution in [2.24, 2.45) is 7.05 Å². The van der Waals surface area contributed by atoms with Crippen LogP contribution < -0.4 is 10.9 Å². The van der Waals surface area contributed by atoms with E-state index in [4.69, 9.17) is 0 Å². The largest absolute Gasteiger partial charge is 0.341 e. The Morgan fingerprint density at radius 1 is 1.14 bits per heavy atom. The number of thioether (sulfide) groups is 1. The average molecular weight is 408 g/mol. The number of rotatable bonds is 6. The minimum absolute atomic E-state index is 0.214. The number of pyridine rings is 1. The number of carbonyl (C=O) groups excluding carboxylic acids is 1. The lowest BCUT2D eigenvalue weighted by Crippen LogP contribution is -2.33. The van der Waals surface area contributed by atoms with Gasteiger partial charge in [0.05, 0.1) is 11.4 Å². The highest BCUT2D eigenvalue weighted by molar-refractivity contribution is 7.98. The first-order valence-corrected chi connectivity index (χ1v) is 10.5. The van der Waals surface area contributed by atoms with Gasteiger partial charge in [0, 0.05) is 18.6 Å². The van der Waals surface area contributed by atoms with Gasteiger partial charge in [-0.05, 0) is 36.6 Å². The lowest BCUT2D eigenvalue weighted by atomic mass is 10.1. The van der Waals surface area contributed by atoms with Crippen LogP contribution in [0.4, 0.5) is 0 Å². The van der Waals surface area contributed by atoms with E-state index < -0.39 is 0 Å². The van der Waals surface area contributed by atoms with Crippen molar-refractivity contribution in [3.8, 4) is 0 Å². The van der Waals surface area contributed by atoms with Crippen LogP contribution in [0.3, 0.4) is 0 Å². The molecule has 0 unspecified atom stereocenters. The zero-order chi connectivity index (χ0) is 20.4. The van der Waals surface area contributed by atoms with Crippen LogP contribution in [0.25, 0.3) is 16.4 Å². The van der Waals surface area contributed by atoms with Crippen LogP contribution >= 0.6 is 11.8 Å². The van der Waals surface area contributed by atoms with Gasteiger partial charge in [-0.2, -0.15) is 16.9 Å². The molecule has 0 bridgehead atoms. The summed E-state index contributed by atoms with van der Waals surface area (Å²) >= 11 is 1.69. The predicted molar refractivity (Wildman–Crippen MR) is 113 cm³/mol. The van der Waals surface area contributed by atoms with Gasteiger partial charge < -0.3 is 5.32 Å². The maximum absolute atomic E-state index is 13.2. The Balaban J connectivity index is 1.74. The fraction of sp³-hybridized carbons (Fsp3) is 0.250. The van der Waals surface area contributed by atoms with Crippen LogP contribution in [0.2, 0.25) is 0 Å². The summed E-state index contributed by atoms with van der Waals surface area (Å²) in [4.78, 5) is 25.5. The van der Waals surface area contributed by atoms with Crippen molar-refractivity contribution >= 4 is 34.1 Å². The molecule has 29 heavy (non-hydrogen) atoms. The molecule has 3 aromatic heterocycles. The minimum Gasteiger partial charge on any atom is -0.341 e. The van der Waals surface area contributed by atoms with E-state index >= 15 is 0 Å². The second-order valence-electron chi connectivity index (χ2n) is 6.62. The van der Waals surface area contributed by atoms with E-state index in [1.165, 1.54) is 4.68 Å². The SMILES string of the molecule is CSCC[C@@H](NC(=O)c1nn(C)c(=O)c2ccccc12)c1nnc2ccccn12. The van der Waals surface area contributed by atoms with Crippen molar-refractivity contribution in [2.45, 2.75) is 12.5 Å². The van der Waals surface area contributed by atoms with Crippen LogP contribution in [-0.2, 0) is 7.05 Å². The van der Waals surface area contributed by atoms with Crippen LogP contribution in [0, 0.1) is 0 Å². The molecule has 1 amide bonds. The van der Waals surface area contributed by atoms with Gasteiger partial charge in [-0.15, -0.1) is 10.2 Å². The zero-order valence-corrected chi connectivity index (χ0v) is 16.9. The number of aromatic nitrogens is 5. The molecule has 0 aliphatic carbocycles. The van der Waals surface area contributed by atoms with E-state index in [0.717, 1.165) is 11.4 Å². The van der Waals surface area contributed by atoms with Crippen LogP contribution in [0.15, 0.2) is 53.5 Å². The summed E-state index contributed by atoms with van der Waals surface area (Å²) in [6, 6.07) is 12.3. The highest BCUT2D eigenvalue weighted by Crippen LogP contribution is 2.20. The number of hydrogen-bond donors (Lipinski definition) is 1. The lowest BCUT2D eigenvalue weighted by Gasteiger charge is -2.17. The van der Waals surface area contributed by atoms with Gasteiger partial charge in [0.25, 0.3) is 11.5 Å². The molecule has 0 saturated carbocycles. The van der Waals surface area contributed by atoms with E-state index in [1.54, 1.807) is 43.1 Å². The monoisotopic (exact) mass is 408 g/mol. The second-order valence-corrected chi connectivity index (χ2v) is 7.60. The summed E-state index contributed by atoms with van der Waals surface area (Å²) in [6.07, 6.45) is 4.58. The highest BCUT2D eigenvalue weighted by atomic mass is 32.2. The Morgan fingerprint density at radius 3 is 2.69 bits per heavy atom. The summed E-state index contributed by atoms with van der Waals surface area (Å²) < 4.78 is 3.07. The average Bonchev–Trinajstić information content (AvgIpc) is 3.17. The molecule has 148 valence electrons. The molecule has 0 saturated heterocycles. The Hall–Kier alpha value is -3.20. The van der Waals surface area contributed by atoms with Crippen molar-refractivity contribution in [1.82, 2.24) is 29.7 Å². The first-order valence-electron chi connectivity index (χ1n) is 9.15. The lowest BCUT2D eigenvalue weighted by molar-refractivity contribution is 0.0928. The third-order valence-corrected chi connectivity index (χ3v) is 5.38. The fourth-order valence-corrected chi connectivity index (χ4v) is 3.76. The minimum atomic E-state index is -0.351.